The summed E-state index contributed by atoms with van der Waals surface area (Å²) >= 11 is 6.32. The van der Waals surface area contributed by atoms with E-state index in [4.69, 9.17) is 17.4 Å². The molecule has 1 unspecified atom stereocenters. The van der Waals surface area contributed by atoms with Crippen LogP contribution >= 0.6 is 11.6 Å². The molecule has 2 aromatic rings. The van der Waals surface area contributed by atoms with Gasteiger partial charge >= 0.3 is 0 Å². The number of nitrogens with two attached hydrogens (primary N) is 1. The molecule has 2 rings (SSSR count). The summed E-state index contributed by atoms with van der Waals surface area (Å²) in [7, 11) is 4.06. The monoisotopic (exact) mass is 307 g/mol. The molecule has 1 aromatic heterocycles. The van der Waals surface area contributed by atoms with Crippen molar-refractivity contribution < 1.29 is 0 Å². The Morgan fingerprint density at radius 2 is 2.00 bits per heavy atom. The molecule has 0 aliphatic heterocycles. The molecular formula is C15H22ClN5. The molecule has 0 radical (unpaired) electrons. The predicted octanol–water partition coefficient (Wildman–Crippen LogP) is 1.96. The van der Waals surface area contributed by atoms with Gasteiger partial charge in [0.15, 0.2) is 0 Å². The van der Waals surface area contributed by atoms with Crippen LogP contribution in [0, 0.1) is 6.92 Å². The fraction of sp³-hybridized carbons (Fsp3) is 0.400. The quantitative estimate of drug-likeness (QED) is 0.633. The van der Waals surface area contributed by atoms with E-state index in [-0.39, 0.29) is 6.04 Å². The van der Waals surface area contributed by atoms with E-state index in [0.717, 1.165) is 24.3 Å². The number of halogens is 1. The molecule has 1 aromatic carbocycles. The first-order valence-electron chi connectivity index (χ1n) is 6.91. The molecular weight excluding hydrogens is 286 g/mol. The molecule has 0 spiro atoms. The summed E-state index contributed by atoms with van der Waals surface area (Å²) in [6.07, 6.45) is 1.67. The lowest BCUT2D eigenvalue weighted by atomic mass is 10.0. The van der Waals surface area contributed by atoms with Gasteiger partial charge in [-0.25, -0.2) is 5.43 Å². The average molecular weight is 308 g/mol. The van der Waals surface area contributed by atoms with Gasteiger partial charge in [-0.2, -0.15) is 5.10 Å². The second-order valence-electron chi connectivity index (χ2n) is 5.41. The lowest BCUT2D eigenvalue weighted by Crippen LogP contribution is -2.32. The zero-order valence-corrected chi connectivity index (χ0v) is 13.4. The Bertz CT molecular complexity index is 576. The highest BCUT2D eigenvalue weighted by atomic mass is 35.5. The van der Waals surface area contributed by atoms with Crippen LogP contribution in [0.15, 0.2) is 30.5 Å². The fourth-order valence-electron chi connectivity index (χ4n) is 2.22. The third-order valence-corrected chi connectivity index (χ3v) is 3.73. The first-order chi connectivity index (χ1) is 10.0. The molecule has 1 heterocycles. The Morgan fingerprint density at radius 3 is 2.57 bits per heavy atom. The van der Waals surface area contributed by atoms with Crippen LogP contribution in [-0.4, -0.2) is 35.3 Å². The van der Waals surface area contributed by atoms with Gasteiger partial charge in [0, 0.05) is 6.54 Å². The van der Waals surface area contributed by atoms with Crippen molar-refractivity contribution in [3.05, 3.63) is 52.3 Å². The molecule has 21 heavy (non-hydrogen) atoms. The summed E-state index contributed by atoms with van der Waals surface area (Å²) in [5, 5.41) is 4.98. The van der Waals surface area contributed by atoms with Gasteiger partial charge in [-0.15, -0.1) is 0 Å². The van der Waals surface area contributed by atoms with Gasteiger partial charge in [-0.05, 0) is 26.6 Å². The van der Waals surface area contributed by atoms with E-state index in [0.29, 0.717) is 5.02 Å². The van der Waals surface area contributed by atoms with Crippen molar-refractivity contribution in [1.82, 2.24) is 20.1 Å². The van der Waals surface area contributed by atoms with Crippen LogP contribution in [0.4, 0.5) is 0 Å². The standard InChI is InChI=1S/C15H22ClN5/c1-11-4-6-12(7-5-11)14(19-17)15-13(16)10-18-21(15)9-8-20(2)3/h4-7,10,14,19H,8-9,17H2,1-3H3. The molecule has 0 saturated carbocycles. The third-order valence-electron chi connectivity index (χ3n) is 3.44. The number of likely N-dealkylation sites (N-methyl/N-ethyl adjacent to an activating group) is 1. The molecule has 0 amide bonds. The van der Waals surface area contributed by atoms with E-state index in [1.807, 2.05) is 18.8 Å². The summed E-state index contributed by atoms with van der Waals surface area (Å²) in [5.41, 5.74) is 6.02. The van der Waals surface area contributed by atoms with Crippen molar-refractivity contribution in [3.8, 4) is 0 Å². The van der Waals surface area contributed by atoms with Gasteiger partial charge in [0.2, 0.25) is 0 Å². The Hall–Kier alpha value is -1.40. The number of aryl methyl sites for hydroxylation is 1. The van der Waals surface area contributed by atoms with Gasteiger partial charge < -0.3 is 4.90 Å². The maximum atomic E-state index is 6.32. The molecule has 0 fully saturated rings. The lowest BCUT2D eigenvalue weighted by Gasteiger charge is -2.20. The molecule has 1 atom stereocenters. The topological polar surface area (TPSA) is 59.1 Å². The van der Waals surface area contributed by atoms with Crippen LogP contribution in [0.5, 0.6) is 0 Å². The van der Waals surface area contributed by atoms with E-state index < -0.39 is 0 Å². The number of aromatic nitrogens is 2. The van der Waals surface area contributed by atoms with Gasteiger partial charge in [0.1, 0.15) is 0 Å². The highest BCUT2D eigenvalue weighted by molar-refractivity contribution is 6.31. The normalized spacial score (nSPS) is 12.9. The van der Waals surface area contributed by atoms with Crippen molar-refractivity contribution in [2.45, 2.75) is 19.5 Å². The minimum Gasteiger partial charge on any atom is -0.308 e. The summed E-state index contributed by atoms with van der Waals surface area (Å²) in [6, 6.07) is 8.06. The van der Waals surface area contributed by atoms with Crippen LogP contribution in [-0.2, 0) is 6.54 Å². The number of nitrogens with one attached hydrogen (secondary N) is 1. The number of rotatable bonds is 6. The molecule has 0 bridgehead atoms. The molecule has 0 aliphatic carbocycles. The molecule has 114 valence electrons. The van der Waals surface area contributed by atoms with Crippen molar-refractivity contribution in [2.24, 2.45) is 5.84 Å². The van der Waals surface area contributed by atoms with E-state index in [1.165, 1.54) is 5.56 Å². The van der Waals surface area contributed by atoms with Crippen molar-refractivity contribution in [3.63, 3.8) is 0 Å². The maximum absolute atomic E-state index is 6.32. The Kier molecular flexibility index (Phi) is 5.36. The number of hydrazine groups is 1. The predicted molar refractivity (Wildman–Crippen MR) is 86.1 cm³/mol. The molecule has 0 saturated heterocycles. The smallest absolute Gasteiger partial charge is 0.0893 e. The minimum atomic E-state index is -0.178. The maximum Gasteiger partial charge on any atom is 0.0893 e. The van der Waals surface area contributed by atoms with Gasteiger partial charge in [0.25, 0.3) is 0 Å². The first kappa shape index (κ1) is 16.0. The van der Waals surface area contributed by atoms with E-state index in [1.54, 1.807) is 6.20 Å². The van der Waals surface area contributed by atoms with Crippen LogP contribution in [0.2, 0.25) is 5.02 Å². The van der Waals surface area contributed by atoms with Crippen molar-refractivity contribution in [1.29, 1.82) is 0 Å². The highest BCUT2D eigenvalue weighted by Gasteiger charge is 2.21. The fourth-order valence-corrected chi connectivity index (χ4v) is 2.47. The highest BCUT2D eigenvalue weighted by Crippen LogP contribution is 2.28. The van der Waals surface area contributed by atoms with Crippen LogP contribution in [0.25, 0.3) is 0 Å². The number of hydrogen-bond donors (Lipinski definition) is 2. The van der Waals surface area contributed by atoms with E-state index >= 15 is 0 Å². The Morgan fingerprint density at radius 1 is 1.33 bits per heavy atom. The minimum absolute atomic E-state index is 0.178. The largest absolute Gasteiger partial charge is 0.308 e. The van der Waals surface area contributed by atoms with Crippen molar-refractivity contribution >= 4 is 11.6 Å². The Labute approximate surface area is 130 Å². The van der Waals surface area contributed by atoms with Crippen LogP contribution in [0.3, 0.4) is 0 Å². The van der Waals surface area contributed by atoms with Crippen molar-refractivity contribution in [2.75, 3.05) is 20.6 Å². The average Bonchev–Trinajstić information content (AvgIpc) is 2.81. The molecule has 5 nitrogen and oxygen atoms in total. The van der Waals surface area contributed by atoms with E-state index in [9.17, 15) is 0 Å². The van der Waals surface area contributed by atoms with E-state index in [2.05, 4.69) is 46.6 Å². The SMILES string of the molecule is Cc1ccc(C(NN)c2c(Cl)cnn2CCN(C)C)cc1. The second-order valence-corrected chi connectivity index (χ2v) is 5.82. The second kappa shape index (κ2) is 7.04. The van der Waals surface area contributed by atoms with Crippen LogP contribution in [0.1, 0.15) is 22.9 Å². The molecule has 0 aliphatic rings. The van der Waals surface area contributed by atoms with Gasteiger partial charge in [-0.1, -0.05) is 41.4 Å². The first-order valence-corrected chi connectivity index (χ1v) is 7.29. The summed E-state index contributed by atoms with van der Waals surface area (Å²) in [6.45, 7) is 3.71. The summed E-state index contributed by atoms with van der Waals surface area (Å²) in [4.78, 5) is 2.11. The summed E-state index contributed by atoms with van der Waals surface area (Å²) < 4.78 is 1.91. The Balaban J connectivity index is 2.33. The third kappa shape index (κ3) is 3.83. The lowest BCUT2D eigenvalue weighted by molar-refractivity contribution is 0.365. The zero-order valence-electron chi connectivity index (χ0n) is 12.7. The van der Waals surface area contributed by atoms with Gasteiger partial charge in [-0.3, -0.25) is 10.5 Å². The zero-order chi connectivity index (χ0) is 15.4. The number of hydrogen-bond acceptors (Lipinski definition) is 4. The van der Waals surface area contributed by atoms with Gasteiger partial charge in [0.05, 0.1) is 29.5 Å². The molecule has 6 heteroatoms. The van der Waals surface area contributed by atoms with Crippen LogP contribution < -0.4 is 11.3 Å². The molecule has 3 N–H and O–H groups in total. The summed E-state index contributed by atoms with van der Waals surface area (Å²) in [5.74, 6) is 5.77. The number of nitrogens with zero attached hydrogens (tertiary/aromatic N) is 3. The number of benzene rings is 1.